The monoisotopic (exact) mass is 280 g/mol. The summed E-state index contributed by atoms with van der Waals surface area (Å²) in [4.78, 5) is 11.4. The minimum absolute atomic E-state index is 0.277. The highest BCUT2D eigenvalue weighted by molar-refractivity contribution is 7.23. The number of carbonyl (C=O) groups excluding carboxylic acids is 1. The molecule has 92 valence electrons. The highest BCUT2D eigenvalue weighted by Gasteiger charge is 2.16. The van der Waals surface area contributed by atoms with Crippen LogP contribution in [-0.4, -0.2) is 12.7 Å². The molecule has 18 heavy (non-hydrogen) atoms. The number of nitriles is 1. The zero-order valence-electron chi connectivity index (χ0n) is 9.49. The fourth-order valence-electron chi connectivity index (χ4n) is 1.56. The molecule has 0 aliphatic rings. The van der Waals surface area contributed by atoms with Crippen LogP contribution in [0.2, 0.25) is 5.02 Å². The molecule has 1 heterocycles. The van der Waals surface area contributed by atoms with Crippen LogP contribution < -0.4 is 5.32 Å². The predicted molar refractivity (Wildman–Crippen MR) is 72.2 cm³/mol. The molecule has 4 nitrogen and oxygen atoms in total. The fraction of sp³-hybridized carbons (Fsp3) is 0.167. The maximum absolute atomic E-state index is 11.4. The van der Waals surface area contributed by atoms with Crippen LogP contribution in [0.15, 0.2) is 18.2 Å². The Morgan fingerprint density at radius 1 is 1.61 bits per heavy atom. The maximum atomic E-state index is 11.4. The van der Waals surface area contributed by atoms with Crippen LogP contribution in [0.5, 0.6) is 0 Å². The largest absolute Gasteiger partial charge is 0.450 e. The summed E-state index contributed by atoms with van der Waals surface area (Å²) in [7, 11) is 0. The van der Waals surface area contributed by atoms with Crippen molar-refractivity contribution in [3.8, 4) is 6.07 Å². The summed E-state index contributed by atoms with van der Waals surface area (Å²) >= 11 is 7.36. The van der Waals surface area contributed by atoms with Gasteiger partial charge in [-0.05, 0) is 19.1 Å². The van der Waals surface area contributed by atoms with Crippen LogP contribution in [0.25, 0.3) is 10.1 Å². The number of benzene rings is 1. The third-order valence-corrected chi connectivity index (χ3v) is 3.65. The van der Waals surface area contributed by atoms with Crippen LogP contribution in [0, 0.1) is 11.3 Å². The third-order valence-electron chi connectivity index (χ3n) is 2.27. The molecule has 0 unspecified atom stereocenters. The third kappa shape index (κ3) is 2.26. The Morgan fingerprint density at radius 2 is 2.39 bits per heavy atom. The highest BCUT2D eigenvalue weighted by Crippen LogP contribution is 2.38. The summed E-state index contributed by atoms with van der Waals surface area (Å²) in [5.41, 5.74) is 0.369. The first-order chi connectivity index (χ1) is 8.67. The Labute approximate surface area is 113 Å². The van der Waals surface area contributed by atoms with Crippen molar-refractivity contribution >= 4 is 44.1 Å². The van der Waals surface area contributed by atoms with Crippen molar-refractivity contribution in [3.05, 3.63) is 28.8 Å². The van der Waals surface area contributed by atoms with Gasteiger partial charge in [0.05, 0.1) is 17.2 Å². The molecule has 0 atom stereocenters. The lowest BCUT2D eigenvalue weighted by Gasteiger charge is -2.02. The van der Waals surface area contributed by atoms with Crippen molar-refractivity contribution in [2.45, 2.75) is 6.92 Å². The summed E-state index contributed by atoms with van der Waals surface area (Å²) in [6.45, 7) is 1.99. The highest BCUT2D eigenvalue weighted by atomic mass is 35.5. The molecule has 6 heteroatoms. The molecule has 2 rings (SSSR count). The standard InChI is InChI=1S/C12H9ClN2O2S/c1-2-17-12(16)15-11-7(6-14)10-8(13)4-3-5-9(10)18-11/h3-5H,2H2,1H3,(H,15,16). The lowest BCUT2D eigenvalue weighted by Crippen LogP contribution is -2.12. The second kappa shape index (κ2) is 5.25. The second-order valence-electron chi connectivity index (χ2n) is 3.38. The van der Waals surface area contributed by atoms with Crippen molar-refractivity contribution in [1.82, 2.24) is 0 Å². The van der Waals surface area contributed by atoms with Gasteiger partial charge in [-0.3, -0.25) is 5.32 Å². The van der Waals surface area contributed by atoms with Gasteiger partial charge in [0.15, 0.2) is 0 Å². The van der Waals surface area contributed by atoms with E-state index >= 15 is 0 Å². The van der Waals surface area contributed by atoms with Gasteiger partial charge >= 0.3 is 6.09 Å². The lowest BCUT2D eigenvalue weighted by molar-refractivity contribution is 0.168. The molecule has 0 aliphatic carbocycles. The summed E-state index contributed by atoms with van der Waals surface area (Å²) in [6, 6.07) is 7.43. The van der Waals surface area contributed by atoms with Gasteiger partial charge in [-0.1, -0.05) is 17.7 Å². The van der Waals surface area contributed by atoms with Crippen molar-refractivity contribution in [2.75, 3.05) is 11.9 Å². The van der Waals surface area contributed by atoms with Crippen LogP contribution in [0.4, 0.5) is 9.80 Å². The van der Waals surface area contributed by atoms with Crippen molar-refractivity contribution in [1.29, 1.82) is 5.26 Å². The number of nitrogens with one attached hydrogen (secondary N) is 1. The second-order valence-corrected chi connectivity index (χ2v) is 4.84. The number of amides is 1. The van der Waals surface area contributed by atoms with E-state index in [1.165, 1.54) is 11.3 Å². The number of hydrogen-bond donors (Lipinski definition) is 1. The van der Waals surface area contributed by atoms with Crippen molar-refractivity contribution in [3.63, 3.8) is 0 Å². The van der Waals surface area contributed by atoms with E-state index in [2.05, 4.69) is 11.4 Å². The molecule has 0 saturated carbocycles. The van der Waals surface area contributed by atoms with Crippen LogP contribution in [0.3, 0.4) is 0 Å². The Bertz CT molecular complexity index is 645. The molecular weight excluding hydrogens is 272 g/mol. The van der Waals surface area contributed by atoms with Gasteiger partial charge in [0.25, 0.3) is 0 Å². The van der Waals surface area contributed by atoms with E-state index < -0.39 is 6.09 Å². The van der Waals surface area contributed by atoms with E-state index in [1.54, 1.807) is 19.1 Å². The zero-order chi connectivity index (χ0) is 13.1. The number of anilines is 1. The fourth-order valence-corrected chi connectivity index (χ4v) is 2.95. The average molecular weight is 281 g/mol. The molecule has 0 saturated heterocycles. The summed E-state index contributed by atoms with van der Waals surface area (Å²) in [5.74, 6) is 0. The number of fused-ring (bicyclic) bond motifs is 1. The van der Waals surface area contributed by atoms with E-state index in [4.69, 9.17) is 16.3 Å². The van der Waals surface area contributed by atoms with Crippen LogP contribution >= 0.6 is 22.9 Å². The molecule has 0 spiro atoms. The maximum Gasteiger partial charge on any atom is 0.412 e. The summed E-state index contributed by atoms with van der Waals surface area (Å²) < 4.78 is 5.64. The van der Waals surface area contributed by atoms with Crippen molar-refractivity contribution < 1.29 is 9.53 Å². The number of thiophene rings is 1. The first kappa shape index (κ1) is 12.7. The molecule has 1 aromatic carbocycles. The molecule has 1 aromatic heterocycles. The van der Waals surface area contributed by atoms with E-state index in [9.17, 15) is 10.1 Å². The SMILES string of the molecule is CCOC(=O)Nc1sc2cccc(Cl)c2c1C#N. The minimum Gasteiger partial charge on any atom is -0.450 e. The van der Waals surface area contributed by atoms with E-state index in [1.807, 2.05) is 6.07 Å². The van der Waals surface area contributed by atoms with Gasteiger partial charge < -0.3 is 4.74 Å². The molecule has 0 fully saturated rings. The van der Waals surface area contributed by atoms with E-state index in [0.29, 0.717) is 21.0 Å². The van der Waals surface area contributed by atoms with Gasteiger partial charge in [0, 0.05) is 10.1 Å². The minimum atomic E-state index is -0.573. The Balaban J connectivity index is 2.49. The molecule has 1 amide bonds. The number of hydrogen-bond acceptors (Lipinski definition) is 4. The summed E-state index contributed by atoms with van der Waals surface area (Å²) in [6.07, 6.45) is -0.573. The van der Waals surface area contributed by atoms with Gasteiger partial charge in [0.1, 0.15) is 11.1 Å². The number of nitrogens with zero attached hydrogens (tertiary/aromatic N) is 1. The molecular formula is C12H9ClN2O2S. The van der Waals surface area contributed by atoms with Gasteiger partial charge in [-0.25, -0.2) is 4.79 Å². The normalized spacial score (nSPS) is 10.1. The average Bonchev–Trinajstić information content (AvgIpc) is 2.68. The molecule has 2 aromatic rings. The van der Waals surface area contributed by atoms with Crippen LogP contribution in [-0.2, 0) is 4.74 Å². The topological polar surface area (TPSA) is 62.1 Å². The number of ether oxygens (including phenoxy) is 1. The predicted octanol–water partition coefficient (Wildman–Crippen LogP) is 3.99. The lowest BCUT2D eigenvalue weighted by atomic mass is 10.2. The van der Waals surface area contributed by atoms with Gasteiger partial charge in [-0.15, -0.1) is 11.3 Å². The van der Waals surface area contributed by atoms with Gasteiger partial charge in [0.2, 0.25) is 0 Å². The van der Waals surface area contributed by atoms with Crippen molar-refractivity contribution in [2.24, 2.45) is 0 Å². The summed E-state index contributed by atoms with van der Waals surface area (Å²) in [5, 5.41) is 13.4. The number of halogens is 1. The molecule has 0 aliphatic heterocycles. The first-order valence-electron chi connectivity index (χ1n) is 5.22. The quantitative estimate of drug-likeness (QED) is 0.904. The Morgan fingerprint density at radius 3 is 3.06 bits per heavy atom. The number of carbonyl (C=O) groups is 1. The van der Waals surface area contributed by atoms with E-state index in [0.717, 1.165) is 4.70 Å². The molecule has 0 radical (unpaired) electrons. The van der Waals surface area contributed by atoms with E-state index in [-0.39, 0.29) is 6.61 Å². The molecule has 0 bridgehead atoms. The van der Waals surface area contributed by atoms with Gasteiger partial charge in [-0.2, -0.15) is 5.26 Å². The Hall–Kier alpha value is -1.77. The first-order valence-corrected chi connectivity index (χ1v) is 6.41. The smallest absolute Gasteiger partial charge is 0.412 e. The Kier molecular flexibility index (Phi) is 3.70. The number of rotatable bonds is 2. The molecule has 1 N–H and O–H groups in total. The van der Waals surface area contributed by atoms with Crippen LogP contribution in [0.1, 0.15) is 12.5 Å². The zero-order valence-corrected chi connectivity index (χ0v) is 11.1.